The second-order valence-corrected chi connectivity index (χ2v) is 9.93. The lowest BCUT2D eigenvalue weighted by molar-refractivity contribution is 0.306. The van der Waals surface area contributed by atoms with Crippen molar-refractivity contribution < 1.29 is 27.4 Å². The smallest absolute Gasteiger partial charge is 0.240 e. The number of aromatic nitrogens is 4. The average molecular weight is 548 g/mol. The number of hydrogen-bond donors (Lipinski definition) is 1. The molecular weight excluding hydrogens is 522 g/mol. The van der Waals surface area contributed by atoms with Gasteiger partial charge in [0.2, 0.25) is 15.9 Å². The highest BCUT2D eigenvalue weighted by atomic mass is 32.2. The zero-order valence-corrected chi connectivity index (χ0v) is 22.0. The lowest BCUT2D eigenvalue weighted by Crippen LogP contribution is -2.28. The van der Waals surface area contributed by atoms with Crippen LogP contribution in [0, 0.1) is 0 Å². The largest absolute Gasteiger partial charge is 0.497 e. The highest BCUT2D eigenvalue weighted by Gasteiger charge is 2.17. The second kappa shape index (κ2) is 11.4. The summed E-state index contributed by atoms with van der Waals surface area (Å²) in [7, 11) is -0.613. The molecule has 5 rings (SSSR count). The molecule has 2 aromatic heterocycles. The molecule has 0 atom stereocenters. The number of benzene rings is 3. The fraction of sp³-hybridized carbons (Fsp3) is 0.148. The minimum absolute atomic E-state index is 0.0308. The van der Waals surface area contributed by atoms with Crippen molar-refractivity contribution >= 4 is 15.7 Å². The molecule has 0 amide bonds. The Morgan fingerprint density at radius 1 is 0.821 bits per heavy atom. The number of sulfonamides is 1. The molecule has 0 spiro atoms. The zero-order valence-electron chi connectivity index (χ0n) is 21.1. The van der Waals surface area contributed by atoms with Crippen LogP contribution in [-0.4, -0.2) is 55.6 Å². The van der Waals surface area contributed by atoms with Gasteiger partial charge >= 0.3 is 0 Å². The Balaban J connectivity index is 1.22. The Hall–Kier alpha value is -4.68. The summed E-state index contributed by atoms with van der Waals surface area (Å²) in [5, 5.41) is 12.9. The number of nitrogens with one attached hydrogen (secondary N) is 1. The molecule has 0 fully saturated rings. The second-order valence-electron chi connectivity index (χ2n) is 8.16. The molecule has 11 nitrogen and oxygen atoms in total. The van der Waals surface area contributed by atoms with Gasteiger partial charge in [-0.2, -0.15) is 4.52 Å². The Morgan fingerprint density at radius 3 is 2.31 bits per heavy atom. The topological polar surface area (TPSA) is 126 Å². The van der Waals surface area contributed by atoms with E-state index in [2.05, 4.69) is 20.0 Å². The SMILES string of the molecule is COc1ccc(OC)c(-c2nnc3ccc(OCCNS(=O)(=O)c4ccc(Oc5ccccc5)cc4)nn23)c1. The van der Waals surface area contributed by atoms with Crippen molar-refractivity contribution in [2.75, 3.05) is 27.4 Å². The molecule has 0 radical (unpaired) electrons. The summed E-state index contributed by atoms with van der Waals surface area (Å²) in [5.41, 5.74) is 1.14. The van der Waals surface area contributed by atoms with Crippen LogP contribution in [0.1, 0.15) is 0 Å². The third-order valence-electron chi connectivity index (χ3n) is 5.64. The van der Waals surface area contributed by atoms with Gasteiger partial charge in [-0.05, 0) is 60.7 Å². The first-order chi connectivity index (χ1) is 19.0. The number of methoxy groups -OCH3 is 2. The molecule has 39 heavy (non-hydrogen) atoms. The van der Waals surface area contributed by atoms with E-state index in [1.165, 1.54) is 16.6 Å². The molecule has 0 aliphatic heterocycles. The monoisotopic (exact) mass is 547 g/mol. The van der Waals surface area contributed by atoms with Crippen LogP contribution in [0.2, 0.25) is 0 Å². The van der Waals surface area contributed by atoms with Gasteiger partial charge in [0.15, 0.2) is 11.5 Å². The van der Waals surface area contributed by atoms with E-state index in [1.807, 2.05) is 30.3 Å². The highest BCUT2D eigenvalue weighted by molar-refractivity contribution is 7.89. The van der Waals surface area contributed by atoms with Gasteiger partial charge < -0.3 is 18.9 Å². The Bertz CT molecular complexity index is 1670. The fourth-order valence-electron chi connectivity index (χ4n) is 3.73. The van der Waals surface area contributed by atoms with Crippen molar-refractivity contribution in [3.05, 3.63) is 84.9 Å². The van der Waals surface area contributed by atoms with Gasteiger partial charge in [0, 0.05) is 12.6 Å². The summed E-state index contributed by atoms with van der Waals surface area (Å²) in [4.78, 5) is 0.115. The van der Waals surface area contributed by atoms with E-state index in [0.29, 0.717) is 40.0 Å². The van der Waals surface area contributed by atoms with Crippen molar-refractivity contribution in [2.24, 2.45) is 0 Å². The number of fused-ring (bicyclic) bond motifs is 1. The van der Waals surface area contributed by atoms with Gasteiger partial charge in [0.25, 0.3) is 0 Å². The molecule has 200 valence electrons. The molecule has 5 aromatic rings. The molecule has 0 bridgehead atoms. The molecule has 0 unspecified atom stereocenters. The minimum atomic E-state index is -3.74. The molecule has 0 aliphatic carbocycles. The normalized spacial score (nSPS) is 11.3. The van der Waals surface area contributed by atoms with Crippen molar-refractivity contribution in [1.29, 1.82) is 0 Å². The molecule has 0 saturated carbocycles. The van der Waals surface area contributed by atoms with Crippen LogP contribution in [0.15, 0.2) is 89.8 Å². The Labute approximate surface area is 225 Å². The maximum absolute atomic E-state index is 12.7. The van der Waals surface area contributed by atoms with Crippen LogP contribution in [-0.2, 0) is 10.0 Å². The van der Waals surface area contributed by atoms with Gasteiger partial charge in [-0.1, -0.05) is 18.2 Å². The number of para-hydroxylation sites is 1. The number of ether oxygens (including phenoxy) is 4. The van der Waals surface area contributed by atoms with E-state index in [1.54, 1.807) is 56.7 Å². The van der Waals surface area contributed by atoms with Gasteiger partial charge in [0.05, 0.1) is 24.7 Å². The van der Waals surface area contributed by atoms with Crippen molar-refractivity contribution in [2.45, 2.75) is 4.90 Å². The average Bonchev–Trinajstić information content (AvgIpc) is 3.39. The van der Waals surface area contributed by atoms with Crippen LogP contribution in [0.25, 0.3) is 17.0 Å². The van der Waals surface area contributed by atoms with Gasteiger partial charge in [-0.3, -0.25) is 0 Å². The van der Waals surface area contributed by atoms with Crippen LogP contribution < -0.4 is 23.7 Å². The summed E-state index contributed by atoms with van der Waals surface area (Å²) in [6.07, 6.45) is 0. The Kier molecular flexibility index (Phi) is 7.57. The fourth-order valence-corrected chi connectivity index (χ4v) is 4.75. The molecule has 0 aliphatic rings. The number of hydrogen-bond acceptors (Lipinski definition) is 9. The maximum atomic E-state index is 12.7. The van der Waals surface area contributed by atoms with Crippen LogP contribution in [0.3, 0.4) is 0 Å². The summed E-state index contributed by atoms with van der Waals surface area (Å²) in [6, 6.07) is 24.1. The third-order valence-corrected chi connectivity index (χ3v) is 7.12. The van der Waals surface area contributed by atoms with Gasteiger partial charge in [-0.25, -0.2) is 13.1 Å². The first-order valence-corrected chi connectivity index (χ1v) is 13.4. The van der Waals surface area contributed by atoms with E-state index in [0.717, 1.165) is 0 Å². The predicted molar refractivity (Wildman–Crippen MR) is 143 cm³/mol. The predicted octanol–water partition coefficient (Wildman–Crippen LogP) is 3.96. The van der Waals surface area contributed by atoms with E-state index >= 15 is 0 Å². The van der Waals surface area contributed by atoms with Crippen LogP contribution >= 0.6 is 0 Å². The molecule has 1 N–H and O–H groups in total. The van der Waals surface area contributed by atoms with E-state index in [-0.39, 0.29) is 23.9 Å². The van der Waals surface area contributed by atoms with E-state index in [9.17, 15) is 8.42 Å². The Morgan fingerprint density at radius 2 is 1.56 bits per heavy atom. The summed E-state index contributed by atoms with van der Waals surface area (Å²) < 4.78 is 51.7. The van der Waals surface area contributed by atoms with Crippen molar-refractivity contribution in [1.82, 2.24) is 24.5 Å². The number of nitrogens with zero attached hydrogens (tertiary/aromatic N) is 4. The summed E-state index contributed by atoms with van der Waals surface area (Å²) >= 11 is 0. The lowest BCUT2D eigenvalue weighted by Gasteiger charge is -2.10. The number of rotatable bonds is 11. The van der Waals surface area contributed by atoms with Crippen LogP contribution in [0.4, 0.5) is 0 Å². The maximum Gasteiger partial charge on any atom is 0.240 e. The molecule has 2 heterocycles. The van der Waals surface area contributed by atoms with Crippen molar-refractivity contribution in [3.8, 4) is 40.3 Å². The van der Waals surface area contributed by atoms with E-state index < -0.39 is 10.0 Å². The van der Waals surface area contributed by atoms with Gasteiger partial charge in [0.1, 0.15) is 29.6 Å². The third kappa shape index (κ3) is 5.92. The molecular formula is C27H25N5O6S. The summed E-state index contributed by atoms with van der Waals surface area (Å²) in [6.45, 7) is 0.0793. The molecule has 12 heteroatoms. The van der Waals surface area contributed by atoms with E-state index in [4.69, 9.17) is 18.9 Å². The van der Waals surface area contributed by atoms with Gasteiger partial charge in [-0.15, -0.1) is 15.3 Å². The lowest BCUT2D eigenvalue weighted by atomic mass is 10.2. The quantitative estimate of drug-likeness (QED) is 0.245. The standard InChI is InChI=1S/C27H25N5O6S/c1-35-21-10-13-24(36-2)23(18-21)27-30-29-25-14-15-26(31-32(25)27)37-17-16-28-39(33,34)22-11-8-20(9-12-22)38-19-6-4-3-5-7-19/h3-15,18,28H,16-17H2,1-2H3. The first kappa shape index (κ1) is 25.9. The van der Waals surface area contributed by atoms with Crippen molar-refractivity contribution in [3.63, 3.8) is 0 Å². The highest BCUT2D eigenvalue weighted by Crippen LogP contribution is 2.32. The first-order valence-electron chi connectivity index (χ1n) is 11.9. The molecule has 3 aromatic carbocycles. The minimum Gasteiger partial charge on any atom is -0.497 e. The van der Waals surface area contributed by atoms with Crippen LogP contribution in [0.5, 0.6) is 28.9 Å². The summed E-state index contributed by atoms with van der Waals surface area (Å²) in [5.74, 6) is 3.10. The molecule has 0 saturated heterocycles. The zero-order chi connectivity index (χ0) is 27.2.